The maximum absolute atomic E-state index is 11.5. The van der Waals surface area contributed by atoms with E-state index in [2.05, 4.69) is 25.9 Å². The standard InChI is InChI=1S/C10H12N6O3S/c11-20(18,19)8-3-1-7(2-4-8)5-6-12-10(17)9-13-15-16-14-9/h1-4H,5-6H2,(H,12,17)(H2,11,18,19)(H,13,14,15,16). The molecule has 9 nitrogen and oxygen atoms in total. The minimum absolute atomic E-state index is 0.0328. The number of aromatic amines is 1. The van der Waals surface area contributed by atoms with Crippen molar-refractivity contribution in [2.24, 2.45) is 5.14 Å². The number of aromatic nitrogens is 4. The van der Waals surface area contributed by atoms with Gasteiger partial charge in [-0.3, -0.25) is 4.79 Å². The number of nitrogens with two attached hydrogens (primary N) is 1. The van der Waals surface area contributed by atoms with E-state index in [0.29, 0.717) is 13.0 Å². The van der Waals surface area contributed by atoms with Gasteiger partial charge in [0.15, 0.2) is 0 Å². The highest BCUT2D eigenvalue weighted by molar-refractivity contribution is 7.89. The van der Waals surface area contributed by atoms with E-state index in [1.165, 1.54) is 12.1 Å². The molecule has 106 valence electrons. The molecule has 0 bridgehead atoms. The molecule has 1 heterocycles. The fraction of sp³-hybridized carbons (Fsp3) is 0.200. The maximum atomic E-state index is 11.5. The molecule has 1 aromatic heterocycles. The van der Waals surface area contributed by atoms with Gasteiger partial charge < -0.3 is 5.32 Å². The van der Waals surface area contributed by atoms with Crippen molar-refractivity contribution >= 4 is 15.9 Å². The third-order valence-corrected chi connectivity index (χ3v) is 3.43. The highest BCUT2D eigenvalue weighted by Gasteiger charge is 2.10. The molecule has 0 aliphatic carbocycles. The van der Waals surface area contributed by atoms with Crippen LogP contribution in [0.1, 0.15) is 16.2 Å². The van der Waals surface area contributed by atoms with E-state index < -0.39 is 15.9 Å². The van der Waals surface area contributed by atoms with Crippen LogP contribution in [-0.2, 0) is 16.4 Å². The van der Waals surface area contributed by atoms with E-state index in [1.807, 2.05) is 0 Å². The minimum atomic E-state index is -3.68. The summed E-state index contributed by atoms with van der Waals surface area (Å²) in [6.45, 7) is 0.363. The number of rotatable bonds is 5. The van der Waals surface area contributed by atoms with Gasteiger partial charge in [0.05, 0.1) is 4.90 Å². The maximum Gasteiger partial charge on any atom is 0.292 e. The Hall–Kier alpha value is -2.33. The summed E-state index contributed by atoms with van der Waals surface area (Å²) in [5, 5.41) is 20.1. The highest BCUT2D eigenvalue weighted by atomic mass is 32.2. The zero-order valence-electron chi connectivity index (χ0n) is 10.3. The Morgan fingerprint density at radius 3 is 2.55 bits per heavy atom. The first-order valence-electron chi connectivity index (χ1n) is 5.60. The van der Waals surface area contributed by atoms with Crippen molar-refractivity contribution in [1.29, 1.82) is 0 Å². The third-order valence-electron chi connectivity index (χ3n) is 2.50. The molecule has 2 aromatic rings. The number of benzene rings is 1. The molecule has 0 radical (unpaired) electrons. The number of hydrogen-bond donors (Lipinski definition) is 3. The van der Waals surface area contributed by atoms with E-state index in [1.54, 1.807) is 12.1 Å². The van der Waals surface area contributed by atoms with E-state index in [-0.39, 0.29) is 10.7 Å². The average Bonchev–Trinajstić information content (AvgIpc) is 2.92. The topological polar surface area (TPSA) is 144 Å². The first kappa shape index (κ1) is 14.1. The van der Waals surface area contributed by atoms with Crippen LogP contribution in [0, 0.1) is 0 Å². The SMILES string of the molecule is NS(=O)(=O)c1ccc(CCNC(=O)c2nn[nH]n2)cc1. The van der Waals surface area contributed by atoms with Crippen molar-refractivity contribution in [2.75, 3.05) is 6.54 Å². The van der Waals surface area contributed by atoms with E-state index in [0.717, 1.165) is 5.56 Å². The molecule has 20 heavy (non-hydrogen) atoms. The van der Waals surface area contributed by atoms with Gasteiger partial charge in [0.2, 0.25) is 10.0 Å². The number of amides is 1. The quantitative estimate of drug-likeness (QED) is 0.633. The number of carbonyl (C=O) groups excluding carboxylic acids is 1. The molecule has 4 N–H and O–H groups in total. The van der Waals surface area contributed by atoms with Crippen LogP contribution in [0.15, 0.2) is 29.2 Å². The summed E-state index contributed by atoms with van der Waals surface area (Å²) >= 11 is 0. The molecule has 0 unspecified atom stereocenters. The molecule has 0 saturated heterocycles. The zero-order chi connectivity index (χ0) is 14.6. The van der Waals surface area contributed by atoms with Gasteiger partial charge in [-0.25, -0.2) is 13.6 Å². The van der Waals surface area contributed by atoms with Crippen molar-refractivity contribution in [2.45, 2.75) is 11.3 Å². The number of tetrazole rings is 1. The van der Waals surface area contributed by atoms with E-state index in [9.17, 15) is 13.2 Å². The van der Waals surface area contributed by atoms with Crippen LogP contribution in [0.2, 0.25) is 0 Å². The first-order chi connectivity index (χ1) is 9.47. The molecular weight excluding hydrogens is 284 g/mol. The lowest BCUT2D eigenvalue weighted by Crippen LogP contribution is -2.26. The van der Waals surface area contributed by atoms with Gasteiger partial charge in [-0.15, -0.1) is 10.2 Å². The molecule has 0 aliphatic rings. The lowest BCUT2D eigenvalue weighted by molar-refractivity contribution is 0.0944. The Morgan fingerprint density at radius 1 is 1.30 bits per heavy atom. The molecule has 0 atom stereocenters. The van der Waals surface area contributed by atoms with Gasteiger partial charge in [-0.1, -0.05) is 12.1 Å². The molecule has 2 rings (SSSR count). The van der Waals surface area contributed by atoms with Crippen LogP contribution in [-0.4, -0.2) is 41.5 Å². The number of H-pyrrole nitrogens is 1. The van der Waals surface area contributed by atoms with E-state index in [4.69, 9.17) is 5.14 Å². The number of hydrogen-bond acceptors (Lipinski definition) is 6. The Labute approximate surface area is 114 Å². The summed E-state index contributed by atoms with van der Waals surface area (Å²) in [6.07, 6.45) is 0.536. The molecular formula is C10H12N6O3S. The van der Waals surface area contributed by atoms with E-state index >= 15 is 0 Å². The summed E-state index contributed by atoms with van der Waals surface area (Å²) in [5.41, 5.74) is 0.866. The summed E-state index contributed by atoms with van der Waals surface area (Å²) < 4.78 is 22.2. The van der Waals surface area contributed by atoms with Crippen LogP contribution < -0.4 is 10.5 Å². The summed E-state index contributed by atoms with van der Waals surface area (Å²) in [5.74, 6) is -0.463. The first-order valence-corrected chi connectivity index (χ1v) is 7.15. The Kier molecular flexibility index (Phi) is 4.05. The number of carbonyl (C=O) groups is 1. The molecule has 0 saturated carbocycles. The van der Waals surface area contributed by atoms with Crippen molar-refractivity contribution in [3.05, 3.63) is 35.7 Å². The Morgan fingerprint density at radius 2 is 2.00 bits per heavy atom. The van der Waals surface area contributed by atoms with Crippen LogP contribution in [0.25, 0.3) is 0 Å². The predicted octanol–water partition coefficient (Wildman–Crippen LogP) is -1.18. The van der Waals surface area contributed by atoms with Crippen LogP contribution in [0.5, 0.6) is 0 Å². The van der Waals surface area contributed by atoms with Gasteiger partial charge in [0, 0.05) is 6.54 Å². The van der Waals surface area contributed by atoms with Gasteiger partial charge in [0.25, 0.3) is 11.7 Å². The lowest BCUT2D eigenvalue weighted by Gasteiger charge is -2.04. The molecule has 0 fully saturated rings. The van der Waals surface area contributed by atoms with Gasteiger partial charge in [-0.05, 0) is 29.3 Å². The van der Waals surface area contributed by atoms with Gasteiger partial charge >= 0.3 is 0 Å². The summed E-state index contributed by atoms with van der Waals surface area (Å²) in [6, 6.07) is 6.12. The fourth-order valence-corrected chi connectivity index (χ4v) is 2.02. The number of sulfonamides is 1. The van der Waals surface area contributed by atoms with Crippen molar-refractivity contribution < 1.29 is 13.2 Å². The zero-order valence-corrected chi connectivity index (χ0v) is 11.1. The Bertz CT molecular complexity index is 680. The normalized spacial score (nSPS) is 11.2. The monoisotopic (exact) mass is 296 g/mol. The van der Waals surface area contributed by atoms with Gasteiger partial charge in [0.1, 0.15) is 0 Å². The highest BCUT2D eigenvalue weighted by Crippen LogP contribution is 2.08. The van der Waals surface area contributed by atoms with Crippen LogP contribution in [0.3, 0.4) is 0 Å². The van der Waals surface area contributed by atoms with Crippen molar-refractivity contribution in [3.8, 4) is 0 Å². The second kappa shape index (κ2) is 5.75. The summed E-state index contributed by atoms with van der Waals surface area (Å²) in [7, 11) is -3.68. The molecule has 10 heteroatoms. The van der Waals surface area contributed by atoms with Gasteiger partial charge in [-0.2, -0.15) is 5.21 Å². The number of nitrogens with one attached hydrogen (secondary N) is 2. The minimum Gasteiger partial charge on any atom is -0.349 e. The third kappa shape index (κ3) is 3.59. The smallest absolute Gasteiger partial charge is 0.292 e. The lowest BCUT2D eigenvalue weighted by atomic mass is 10.1. The molecule has 1 aromatic carbocycles. The Balaban J connectivity index is 1.87. The van der Waals surface area contributed by atoms with Crippen LogP contribution >= 0.6 is 0 Å². The molecule has 0 aliphatic heterocycles. The van der Waals surface area contributed by atoms with Crippen molar-refractivity contribution in [1.82, 2.24) is 25.9 Å². The average molecular weight is 296 g/mol. The van der Waals surface area contributed by atoms with Crippen molar-refractivity contribution in [3.63, 3.8) is 0 Å². The molecule has 0 spiro atoms. The second-order valence-electron chi connectivity index (χ2n) is 3.93. The second-order valence-corrected chi connectivity index (χ2v) is 5.49. The number of primary sulfonamides is 1. The largest absolute Gasteiger partial charge is 0.349 e. The number of nitrogens with zero attached hydrogens (tertiary/aromatic N) is 3. The summed E-state index contributed by atoms with van der Waals surface area (Å²) in [4.78, 5) is 11.5. The molecule has 1 amide bonds. The fourth-order valence-electron chi connectivity index (χ4n) is 1.50. The van der Waals surface area contributed by atoms with Crippen LogP contribution in [0.4, 0.5) is 0 Å². The predicted molar refractivity (Wildman–Crippen MR) is 68.0 cm³/mol.